The van der Waals surface area contributed by atoms with Gasteiger partial charge in [-0.1, -0.05) is 33.1 Å². The van der Waals surface area contributed by atoms with E-state index in [4.69, 9.17) is 19.3 Å². The molecule has 0 aromatic rings. The summed E-state index contributed by atoms with van der Waals surface area (Å²) in [6.07, 6.45) is 4.39. The minimum atomic E-state index is -0.977. The first-order chi connectivity index (χ1) is 9.06. The number of carboxylic acid groups (broad SMARTS) is 1. The largest absolute Gasteiger partial charge is 0.480 e. The number of hydrogen-bond donors (Lipinski definition) is 1. The molecule has 0 aromatic heterocycles. The number of ether oxygens (including phenoxy) is 3. The molecule has 0 aliphatic rings. The summed E-state index contributed by atoms with van der Waals surface area (Å²) in [5.41, 5.74) is 0. The van der Waals surface area contributed by atoms with Crippen molar-refractivity contribution >= 4 is 35.5 Å². The Balaban J connectivity index is 0. The molecule has 0 aromatic carbocycles. The van der Waals surface area contributed by atoms with Gasteiger partial charge in [-0.25, -0.2) is 4.79 Å². The Morgan fingerprint density at radius 1 is 1.15 bits per heavy atom. The van der Waals surface area contributed by atoms with Crippen molar-refractivity contribution in [2.24, 2.45) is 5.92 Å². The van der Waals surface area contributed by atoms with Gasteiger partial charge in [-0.05, 0) is 12.3 Å². The molecule has 0 spiro atoms. The normalized spacial score (nSPS) is 12.2. The van der Waals surface area contributed by atoms with Crippen LogP contribution in [0.3, 0.4) is 0 Å². The molecule has 0 rings (SSSR count). The third kappa shape index (κ3) is 16.4. The first-order valence-corrected chi connectivity index (χ1v) is 6.96. The van der Waals surface area contributed by atoms with E-state index >= 15 is 0 Å². The van der Waals surface area contributed by atoms with Crippen molar-refractivity contribution in [3.8, 4) is 0 Å². The number of aliphatic carboxylic acids is 1. The Morgan fingerprint density at radius 3 is 2.40 bits per heavy atom. The molecule has 0 amide bonds. The van der Waals surface area contributed by atoms with E-state index in [-0.39, 0.29) is 42.3 Å². The van der Waals surface area contributed by atoms with Crippen LogP contribution in [0.5, 0.6) is 0 Å². The van der Waals surface area contributed by atoms with Gasteiger partial charge in [0.25, 0.3) is 0 Å². The SMILES string of the molecule is COCC(COCCCCCC(C)C)OCC(=O)O.[Na]. The van der Waals surface area contributed by atoms with Crippen molar-refractivity contribution in [1.82, 2.24) is 0 Å². The maximum absolute atomic E-state index is 10.4. The number of carbonyl (C=O) groups is 1. The molecule has 0 aliphatic heterocycles. The Morgan fingerprint density at radius 2 is 1.85 bits per heavy atom. The van der Waals surface area contributed by atoms with Crippen LogP contribution in [0.1, 0.15) is 39.5 Å². The molecule has 0 aliphatic carbocycles. The number of carboxylic acids is 1. The van der Waals surface area contributed by atoms with Crippen LogP contribution in [0.4, 0.5) is 0 Å². The second-order valence-corrected chi connectivity index (χ2v) is 5.10. The molecule has 5 nitrogen and oxygen atoms in total. The molecular weight excluding hydrogens is 271 g/mol. The Labute approximate surface area is 144 Å². The molecule has 1 atom stereocenters. The molecule has 0 fully saturated rings. The standard InChI is InChI=1S/C14H28O5.Na/c1-12(2)7-5-4-6-8-18-10-13(9-17-3)19-11-14(15)16;/h12-13H,4-11H2,1-3H3,(H,15,16);. The average Bonchev–Trinajstić information content (AvgIpc) is 2.34. The van der Waals surface area contributed by atoms with Gasteiger partial charge < -0.3 is 19.3 Å². The minimum Gasteiger partial charge on any atom is -0.480 e. The molecular formula is C14H28NaO5. The predicted molar refractivity (Wildman–Crippen MR) is 79.1 cm³/mol. The molecule has 1 N–H and O–H groups in total. The summed E-state index contributed by atoms with van der Waals surface area (Å²) in [7, 11) is 1.56. The number of rotatable bonds is 13. The van der Waals surface area contributed by atoms with E-state index in [9.17, 15) is 4.79 Å². The van der Waals surface area contributed by atoms with Gasteiger partial charge in [0.2, 0.25) is 0 Å². The van der Waals surface area contributed by atoms with Crippen LogP contribution < -0.4 is 0 Å². The van der Waals surface area contributed by atoms with Crippen molar-refractivity contribution in [3.63, 3.8) is 0 Å². The van der Waals surface area contributed by atoms with Gasteiger partial charge in [0.1, 0.15) is 12.7 Å². The van der Waals surface area contributed by atoms with Crippen LogP contribution in [-0.2, 0) is 19.0 Å². The molecule has 115 valence electrons. The minimum absolute atomic E-state index is 0. The maximum atomic E-state index is 10.4. The van der Waals surface area contributed by atoms with E-state index in [1.54, 1.807) is 7.11 Å². The molecule has 0 heterocycles. The van der Waals surface area contributed by atoms with Gasteiger partial charge in [-0.3, -0.25) is 0 Å². The van der Waals surface area contributed by atoms with Crippen LogP contribution in [0.2, 0.25) is 0 Å². The third-order valence-corrected chi connectivity index (χ3v) is 2.67. The van der Waals surface area contributed by atoms with E-state index in [0.717, 1.165) is 12.3 Å². The topological polar surface area (TPSA) is 65.0 Å². The molecule has 6 heteroatoms. The molecule has 0 saturated carbocycles. The van der Waals surface area contributed by atoms with Crippen LogP contribution in [-0.4, -0.2) is 80.3 Å². The van der Waals surface area contributed by atoms with Crippen LogP contribution in [0.15, 0.2) is 0 Å². The zero-order valence-corrected chi connectivity index (χ0v) is 15.4. The van der Waals surface area contributed by atoms with Crippen molar-refractivity contribution in [2.45, 2.75) is 45.6 Å². The fraction of sp³-hybridized carbons (Fsp3) is 0.929. The molecule has 1 unspecified atom stereocenters. The van der Waals surface area contributed by atoms with Gasteiger partial charge in [-0.15, -0.1) is 0 Å². The smallest absolute Gasteiger partial charge is 0.329 e. The quantitative estimate of drug-likeness (QED) is 0.416. The number of unbranched alkanes of at least 4 members (excludes halogenated alkanes) is 2. The van der Waals surface area contributed by atoms with Crippen molar-refractivity contribution in [2.75, 3.05) is 33.5 Å². The van der Waals surface area contributed by atoms with Crippen LogP contribution in [0, 0.1) is 5.92 Å². The summed E-state index contributed by atoms with van der Waals surface area (Å²) >= 11 is 0. The second-order valence-electron chi connectivity index (χ2n) is 5.10. The summed E-state index contributed by atoms with van der Waals surface area (Å²) in [4.78, 5) is 10.4. The van der Waals surface area contributed by atoms with Crippen molar-refractivity contribution in [3.05, 3.63) is 0 Å². The van der Waals surface area contributed by atoms with Gasteiger partial charge in [0.05, 0.1) is 13.2 Å². The summed E-state index contributed by atoms with van der Waals surface area (Å²) in [6.45, 7) is 5.56. The van der Waals surface area contributed by atoms with Gasteiger partial charge in [0, 0.05) is 43.3 Å². The third-order valence-electron chi connectivity index (χ3n) is 2.67. The average molecular weight is 299 g/mol. The first-order valence-electron chi connectivity index (χ1n) is 6.96. The predicted octanol–water partition coefficient (Wildman–Crippen LogP) is 1.95. The maximum Gasteiger partial charge on any atom is 0.329 e. The number of hydrogen-bond acceptors (Lipinski definition) is 4. The van der Waals surface area contributed by atoms with Crippen molar-refractivity contribution < 1.29 is 24.1 Å². The van der Waals surface area contributed by atoms with Crippen LogP contribution in [0.25, 0.3) is 0 Å². The Hall–Kier alpha value is 0.350. The van der Waals surface area contributed by atoms with E-state index in [1.807, 2.05) is 0 Å². The van der Waals surface area contributed by atoms with E-state index < -0.39 is 5.97 Å². The van der Waals surface area contributed by atoms with Gasteiger partial charge in [0.15, 0.2) is 0 Å². The Bertz CT molecular complexity index is 224. The van der Waals surface area contributed by atoms with E-state index in [0.29, 0.717) is 19.8 Å². The summed E-state index contributed by atoms with van der Waals surface area (Å²) in [5.74, 6) is -0.216. The zero-order chi connectivity index (χ0) is 14.5. The van der Waals surface area contributed by atoms with E-state index in [1.165, 1.54) is 19.3 Å². The van der Waals surface area contributed by atoms with Crippen LogP contribution >= 0.6 is 0 Å². The monoisotopic (exact) mass is 299 g/mol. The fourth-order valence-corrected chi connectivity index (χ4v) is 1.67. The summed E-state index contributed by atoms with van der Waals surface area (Å²) in [5, 5.41) is 8.54. The molecule has 1 radical (unpaired) electrons. The van der Waals surface area contributed by atoms with Gasteiger partial charge in [-0.2, -0.15) is 0 Å². The molecule has 0 saturated heterocycles. The van der Waals surface area contributed by atoms with Crippen molar-refractivity contribution in [1.29, 1.82) is 0 Å². The van der Waals surface area contributed by atoms with E-state index in [2.05, 4.69) is 13.8 Å². The van der Waals surface area contributed by atoms with Gasteiger partial charge >= 0.3 is 5.97 Å². The fourth-order valence-electron chi connectivity index (χ4n) is 1.67. The molecule has 20 heavy (non-hydrogen) atoms. The second kappa shape index (κ2) is 15.7. The molecule has 0 bridgehead atoms. The zero-order valence-electron chi connectivity index (χ0n) is 13.4. The summed E-state index contributed by atoms with van der Waals surface area (Å²) < 4.78 is 15.6. The number of methoxy groups -OCH3 is 1. The summed E-state index contributed by atoms with van der Waals surface area (Å²) in [6, 6.07) is 0. The first kappa shape index (κ1) is 22.6. The Kier molecular flexibility index (Phi) is 17.8.